The standard InChI is InChI=1S/C21H19F2N5O/c1-15(28-20(9-10-25-28)16-5-3-2-4-6-16)21(29,12-27-14-24-13-26-27)18-8-7-17(22)11-19(18)23/h2-11,13-15,29H,12H2,1H3/t15-,21-/m1/s1. The van der Waals surface area contributed by atoms with Crippen molar-refractivity contribution < 1.29 is 13.9 Å². The molecule has 0 fully saturated rings. The quantitative estimate of drug-likeness (QED) is 0.542. The minimum atomic E-state index is -1.78. The molecule has 0 bridgehead atoms. The van der Waals surface area contributed by atoms with E-state index in [4.69, 9.17) is 0 Å². The first-order chi connectivity index (χ1) is 14.0. The lowest BCUT2D eigenvalue weighted by Gasteiger charge is -2.35. The Labute approximate surface area is 166 Å². The number of aromatic nitrogens is 5. The highest BCUT2D eigenvalue weighted by Gasteiger charge is 2.41. The van der Waals surface area contributed by atoms with E-state index in [0.29, 0.717) is 0 Å². The molecule has 2 aromatic carbocycles. The van der Waals surface area contributed by atoms with Crippen molar-refractivity contribution >= 4 is 0 Å². The van der Waals surface area contributed by atoms with Crippen LogP contribution in [0.2, 0.25) is 0 Å². The maximum atomic E-state index is 14.7. The number of nitrogens with zero attached hydrogens (tertiary/aromatic N) is 5. The van der Waals surface area contributed by atoms with Gasteiger partial charge in [-0.15, -0.1) is 0 Å². The summed E-state index contributed by atoms with van der Waals surface area (Å²) in [5.41, 5.74) is -0.158. The minimum Gasteiger partial charge on any atom is -0.381 e. The second-order valence-electron chi connectivity index (χ2n) is 6.84. The molecule has 0 aliphatic carbocycles. The Balaban J connectivity index is 1.83. The molecule has 0 aliphatic rings. The van der Waals surface area contributed by atoms with Gasteiger partial charge in [0.1, 0.15) is 29.9 Å². The number of hydrogen-bond donors (Lipinski definition) is 1. The summed E-state index contributed by atoms with van der Waals surface area (Å²) in [6.45, 7) is 1.64. The van der Waals surface area contributed by atoms with Crippen molar-refractivity contribution in [3.8, 4) is 11.3 Å². The maximum absolute atomic E-state index is 14.7. The second kappa shape index (κ2) is 7.56. The number of rotatable bonds is 6. The fourth-order valence-electron chi connectivity index (χ4n) is 3.51. The highest BCUT2D eigenvalue weighted by molar-refractivity contribution is 5.59. The van der Waals surface area contributed by atoms with Crippen LogP contribution in [0.15, 0.2) is 73.4 Å². The van der Waals surface area contributed by atoms with Gasteiger partial charge in [0.05, 0.1) is 18.3 Å². The first kappa shape index (κ1) is 18.9. The SMILES string of the molecule is C[C@@H](n1nccc1-c1ccccc1)[C@](O)(Cn1cncn1)c1ccc(F)cc1F. The first-order valence-corrected chi connectivity index (χ1v) is 9.08. The van der Waals surface area contributed by atoms with Gasteiger partial charge in [-0.05, 0) is 24.6 Å². The van der Waals surface area contributed by atoms with Crippen molar-refractivity contribution in [1.29, 1.82) is 0 Å². The van der Waals surface area contributed by atoms with Crippen LogP contribution >= 0.6 is 0 Å². The van der Waals surface area contributed by atoms with Gasteiger partial charge >= 0.3 is 0 Å². The van der Waals surface area contributed by atoms with E-state index >= 15 is 0 Å². The van der Waals surface area contributed by atoms with Crippen LogP contribution in [0.5, 0.6) is 0 Å². The molecule has 1 N–H and O–H groups in total. The van der Waals surface area contributed by atoms with Crippen LogP contribution in [0.1, 0.15) is 18.5 Å². The fourth-order valence-corrected chi connectivity index (χ4v) is 3.51. The summed E-state index contributed by atoms with van der Waals surface area (Å²) in [4.78, 5) is 3.89. The van der Waals surface area contributed by atoms with Crippen molar-refractivity contribution in [3.63, 3.8) is 0 Å². The van der Waals surface area contributed by atoms with E-state index in [0.717, 1.165) is 23.4 Å². The zero-order valence-electron chi connectivity index (χ0n) is 15.7. The second-order valence-corrected chi connectivity index (χ2v) is 6.84. The van der Waals surface area contributed by atoms with Crippen LogP contribution in [0.3, 0.4) is 0 Å². The number of benzene rings is 2. The molecular formula is C21H19F2N5O. The van der Waals surface area contributed by atoms with E-state index in [1.54, 1.807) is 17.8 Å². The van der Waals surface area contributed by atoms with E-state index in [2.05, 4.69) is 15.2 Å². The predicted molar refractivity (Wildman–Crippen MR) is 103 cm³/mol. The lowest BCUT2D eigenvalue weighted by Crippen LogP contribution is -2.41. The zero-order chi connectivity index (χ0) is 20.4. The van der Waals surface area contributed by atoms with Crippen molar-refractivity contribution in [2.75, 3.05) is 0 Å². The molecule has 0 spiro atoms. The molecule has 29 heavy (non-hydrogen) atoms. The van der Waals surface area contributed by atoms with Gasteiger partial charge in [-0.2, -0.15) is 10.2 Å². The van der Waals surface area contributed by atoms with Crippen molar-refractivity contribution in [2.24, 2.45) is 0 Å². The molecular weight excluding hydrogens is 376 g/mol. The molecule has 0 amide bonds. The van der Waals surface area contributed by atoms with Gasteiger partial charge in [-0.3, -0.25) is 4.68 Å². The third-order valence-corrected chi connectivity index (χ3v) is 5.07. The van der Waals surface area contributed by atoms with E-state index in [1.165, 1.54) is 23.4 Å². The molecule has 4 aromatic rings. The molecule has 0 aliphatic heterocycles. The molecule has 148 valence electrons. The molecule has 0 saturated carbocycles. The van der Waals surface area contributed by atoms with E-state index in [1.807, 2.05) is 36.4 Å². The average molecular weight is 395 g/mol. The van der Waals surface area contributed by atoms with Crippen LogP contribution in [-0.4, -0.2) is 29.7 Å². The van der Waals surface area contributed by atoms with Gasteiger partial charge in [0.25, 0.3) is 0 Å². The summed E-state index contributed by atoms with van der Waals surface area (Å²) >= 11 is 0. The summed E-state index contributed by atoms with van der Waals surface area (Å²) in [6, 6.07) is 13.8. The maximum Gasteiger partial charge on any atom is 0.137 e. The van der Waals surface area contributed by atoms with E-state index in [9.17, 15) is 13.9 Å². The van der Waals surface area contributed by atoms with Crippen LogP contribution in [0.4, 0.5) is 8.78 Å². The molecule has 6 nitrogen and oxygen atoms in total. The van der Waals surface area contributed by atoms with Gasteiger partial charge in [0, 0.05) is 17.8 Å². The average Bonchev–Trinajstić information content (AvgIpc) is 3.39. The highest BCUT2D eigenvalue weighted by atomic mass is 19.1. The summed E-state index contributed by atoms with van der Waals surface area (Å²) < 4.78 is 31.3. The third-order valence-electron chi connectivity index (χ3n) is 5.07. The molecule has 2 heterocycles. The van der Waals surface area contributed by atoms with Gasteiger partial charge in [-0.25, -0.2) is 18.4 Å². The number of hydrogen-bond acceptors (Lipinski definition) is 4. The molecule has 2 aromatic heterocycles. The highest BCUT2D eigenvalue weighted by Crippen LogP contribution is 2.38. The number of halogens is 2. The summed E-state index contributed by atoms with van der Waals surface area (Å²) in [7, 11) is 0. The Morgan fingerprint density at radius 2 is 1.86 bits per heavy atom. The topological polar surface area (TPSA) is 68.8 Å². The molecule has 0 saturated heterocycles. The van der Waals surface area contributed by atoms with Crippen molar-refractivity contribution in [1.82, 2.24) is 24.5 Å². The Kier molecular flexibility index (Phi) is 4.94. The molecule has 4 rings (SSSR count). The Morgan fingerprint density at radius 3 is 2.55 bits per heavy atom. The van der Waals surface area contributed by atoms with Gasteiger partial charge in [-0.1, -0.05) is 36.4 Å². The Hall–Kier alpha value is -3.39. The monoisotopic (exact) mass is 395 g/mol. The van der Waals surface area contributed by atoms with Crippen molar-refractivity contribution in [3.05, 3.63) is 90.6 Å². The Bertz CT molecular complexity index is 1100. The Morgan fingerprint density at radius 1 is 1.07 bits per heavy atom. The fraction of sp³-hybridized carbons (Fsp3) is 0.190. The van der Waals surface area contributed by atoms with E-state index in [-0.39, 0.29) is 12.1 Å². The summed E-state index contributed by atoms with van der Waals surface area (Å²) in [5, 5.41) is 20.1. The normalized spacial score (nSPS) is 14.5. The molecule has 2 atom stereocenters. The van der Waals surface area contributed by atoms with Crippen LogP contribution in [0, 0.1) is 11.6 Å². The summed E-state index contributed by atoms with van der Waals surface area (Å²) in [6.07, 6.45) is 4.38. The van der Waals surface area contributed by atoms with Gasteiger partial charge in [0.15, 0.2) is 0 Å². The van der Waals surface area contributed by atoms with E-state index < -0.39 is 23.3 Å². The summed E-state index contributed by atoms with van der Waals surface area (Å²) in [5.74, 6) is -1.56. The van der Waals surface area contributed by atoms with Crippen LogP contribution < -0.4 is 0 Å². The zero-order valence-corrected chi connectivity index (χ0v) is 15.7. The van der Waals surface area contributed by atoms with Crippen LogP contribution in [0.25, 0.3) is 11.3 Å². The third kappa shape index (κ3) is 3.54. The molecule has 0 radical (unpaired) electrons. The van der Waals surface area contributed by atoms with Gasteiger partial charge < -0.3 is 5.11 Å². The smallest absolute Gasteiger partial charge is 0.137 e. The van der Waals surface area contributed by atoms with Crippen LogP contribution in [-0.2, 0) is 12.1 Å². The van der Waals surface area contributed by atoms with Crippen molar-refractivity contribution in [2.45, 2.75) is 25.1 Å². The molecule has 0 unspecified atom stereocenters. The molecule has 8 heteroatoms. The van der Waals surface area contributed by atoms with Gasteiger partial charge in [0.2, 0.25) is 0 Å². The lowest BCUT2D eigenvalue weighted by atomic mass is 9.86. The minimum absolute atomic E-state index is 0.0450. The first-order valence-electron chi connectivity index (χ1n) is 9.08. The largest absolute Gasteiger partial charge is 0.381 e. The number of aliphatic hydroxyl groups is 1. The lowest BCUT2D eigenvalue weighted by molar-refractivity contribution is -0.0363. The predicted octanol–water partition coefficient (Wildman–Crippen LogP) is 3.57.